The number of halogens is 2. The molecule has 2 amide bonds. The van der Waals surface area contributed by atoms with Gasteiger partial charge in [0.1, 0.15) is 17.7 Å². The van der Waals surface area contributed by atoms with E-state index >= 15 is 0 Å². The lowest BCUT2D eigenvalue weighted by atomic mass is 9.80. The number of pyridine rings is 1. The van der Waals surface area contributed by atoms with E-state index in [-0.39, 0.29) is 30.1 Å². The van der Waals surface area contributed by atoms with Crippen LogP contribution in [0.3, 0.4) is 0 Å². The molecule has 2 N–H and O–H groups in total. The largest absolute Gasteiger partial charge is 0.329 e. The quantitative estimate of drug-likeness (QED) is 0.656. The number of benzene rings is 1. The highest BCUT2D eigenvalue weighted by Crippen LogP contribution is 2.32. The third kappa shape index (κ3) is 4.98. The molecule has 8 heteroatoms. The van der Waals surface area contributed by atoms with Crippen molar-refractivity contribution in [1.29, 1.82) is 0 Å². The summed E-state index contributed by atoms with van der Waals surface area (Å²) >= 11 is 0. The van der Waals surface area contributed by atoms with Gasteiger partial charge in [0, 0.05) is 36.5 Å². The molecule has 0 radical (unpaired) electrons. The van der Waals surface area contributed by atoms with Crippen molar-refractivity contribution < 1.29 is 18.4 Å². The van der Waals surface area contributed by atoms with Gasteiger partial charge in [-0.3, -0.25) is 14.6 Å². The molecule has 1 unspecified atom stereocenters. The maximum atomic E-state index is 14.0. The Labute approximate surface area is 203 Å². The Hall–Kier alpha value is -3.13. The van der Waals surface area contributed by atoms with E-state index in [1.165, 1.54) is 0 Å². The topological polar surface area (TPSA) is 74.3 Å². The molecule has 184 valence electrons. The summed E-state index contributed by atoms with van der Waals surface area (Å²) in [7, 11) is 0. The van der Waals surface area contributed by atoms with Crippen LogP contribution >= 0.6 is 0 Å². The molecule has 2 aliphatic heterocycles. The SMILES string of the molecule is C=C1CCC(N2Cc3cc(C[C@H]4CCCC[C@@H]4NCc4ncc(F)cc4F)ccc3C2=O)C(=O)N1. The van der Waals surface area contributed by atoms with Gasteiger partial charge in [-0.25, -0.2) is 8.78 Å². The van der Waals surface area contributed by atoms with Crippen molar-refractivity contribution in [2.75, 3.05) is 0 Å². The summed E-state index contributed by atoms with van der Waals surface area (Å²) in [5.74, 6) is -1.19. The summed E-state index contributed by atoms with van der Waals surface area (Å²) in [6, 6.07) is 6.60. The van der Waals surface area contributed by atoms with Crippen molar-refractivity contribution >= 4 is 11.8 Å². The molecule has 3 atom stereocenters. The van der Waals surface area contributed by atoms with E-state index in [2.05, 4.69) is 28.3 Å². The Balaban J connectivity index is 1.25. The van der Waals surface area contributed by atoms with Crippen LogP contribution in [-0.4, -0.2) is 33.8 Å². The van der Waals surface area contributed by atoms with Crippen molar-refractivity contribution in [3.8, 4) is 0 Å². The molecule has 3 aliphatic rings. The average molecular weight is 481 g/mol. The fourth-order valence-electron chi connectivity index (χ4n) is 5.66. The maximum absolute atomic E-state index is 14.0. The molecule has 2 aromatic rings. The number of carbonyl (C=O) groups is 2. The fraction of sp³-hybridized carbons (Fsp3) is 0.444. The first-order chi connectivity index (χ1) is 16.9. The van der Waals surface area contributed by atoms with E-state index in [0.717, 1.165) is 55.5 Å². The minimum atomic E-state index is -0.676. The second kappa shape index (κ2) is 9.85. The number of rotatable bonds is 6. The van der Waals surface area contributed by atoms with Crippen LogP contribution in [0.2, 0.25) is 0 Å². The minimum Gasteiger partial charge on any atom is -0.329 e. The first-order valence-electron chi connectivity index (χ1n) is 12.3. The van der Waals surface area contributed by atoms with Crippen LogP contribution < -0.4 is 10.6 Å². The third-order valence-corrected chi connectivity index (χ3v) is 7.52. The van der Waals surface area contributed by atoms with Crippen LogP contribution in [0.4, 0.5) is 8.78 Å². The number of allylic oxidation sites excluding steroid dienone is 1. The number of piperidine rings is 1. The number of carbonyl (C=O) groups excluding carboxylic acids is 2. The second-order valence-electron chi connectivity index (χ2n) is 9.89. The van der Waals surface area contributed by atoms with Crippen molar-refractivity contribution in [3.63, 3.8) is 0 Å². The number of fused-ring (bicyclic) bond motifs is 1. The van der Waals surface area contributed by atoms with Gasteiger partial charge in [-0.2, -0.15) is 0 Å². The van der Waals surface area contributed by atoms with Gasteiger partial charge in [-0.1, -0.05) is 31.6 Å². The third-order valence-electron chi connectivity index (χ3n) is 7.52. The molecule has 1 aromatic carbocycles. The van der Waals surface area contributed by atoms with E-state index in [9.17, 15) is 18.4 Å². The Bertz CT molecular complexity index is 1170. The van der Waals surface area contributed by atoms with Crippen molar-refractivity contribution in [3.05, 3.63) is 76.8 Å². The highest BCUT2D eigenvalue weighted by Gasteiger charge is 2.38. The molecule has 35 heavy (non-hydrogen) atoms. The number of amides is 2. The molecule has 3 heterocycles. The standard InChI is InChI=1S/C27H30F2N4O2/c1-16-6-9-25(26(34)32-16)33-15-19-11-17(7-8-21(19)27(33)35)10-18-4-2-3-5-23(18)31-14-24-22(29)12-20(28)13-30-24/h7-8,11-13,18,23,25,31H,1-6,9-10,14-15H2,(H,32,34)/t18-,23+,25?/m1/s1. The van der Waals surface area contributed by atoms with Crippen LogP contribution in [0.25, 0.3) is 0 Å². The lowest BCUT2D eigenvalue weighted by Crippen LogP contribution is -2.49. The van der Waals surface area contributed by atoms with Gasteiger partial charge in [-0.05, 0) is 55.2 Å². The van der Waals surface area contributed by atoms with Crippen molar-refractivity contribution in [2.45, 2.75) is 70.1 Å². The Kier molecular flexibility index (Phi) is 6.65. The predicted octanol–water partition coefficient (Wildman–Crippen LogP) is 4.00. The van der Waals surface area contributed by atoms with Gasteiger partial charge >= 0.3 is 0 Å². The van der Waals surface area contributed by atoms with Crippen molar-refractivity contribution in [2.24, 2.45) is 5.92 Å². The highest BCUT2D eigenvalue weighted by molar-refractivity contribution is 6.01. The van der Waals surface area contributed by atoms with E-state index < -0.39 is 17.7 Å². The zero-order chi connectivity index (χ0) is 24.5. The molecular formula is C27H30F2N4O2. The Morgan fingerprint density at radius 2 is 1.97 bits per heavy atom. The van der Waals surface area contributed by atoms with Crippen LogP contribution in [0.5, 0.6) is 0 Å². The normalized spacial score (nSPS) is 24.5. The zero-order valence-electron chi connectivity index (χ0n) is 19.7. The Morgan fingerprint density at radius 3 is 2.77 bits per heavy atom. The zero-order valence-corrected chi connectivity index (χ0v) is 19.7. The highest BCUT2D eigenvalue weighted by atomic mass is 19.1. The fourth-order valence-corrected chi connectivity index (χ4v) is 5.66. The smallest absolute Gasteiger partial charge is 0.255 e. The molecule has 1 saturated heterocycles. The molecular weight excluding hydrogens is 450 g/mol. The van der Waals surface area contributed by atoms with Gasteiger partial charge < -0.3 is 15.5 Å². The summed E-state index contributed by atoms with van der Waals surface area (Å²) in [5.41, 5.74) is 3.71. The second-order valence-corrected chi connectivity index (χ2v) is 9.89. The summed E-state index contributed by atoms with van der Waals surface area (Å²) in [6.45, 7) is 4.52. The van der Waals surface area contributed by atoms with Gasteiger partial charge in [-0.15, -0.1) is 0 Å². The summed E-state index contributed by atoms with van der Waals surface area (Å²) < 4.78 is 27.2. The molecule has 5 rings (SSSR count). The summed E-state index contributed by atoms with van der Waals surface area (Å²) in [4.78, 5) is 31.0. The molecule has 1 aliphatic carbocycles. The average Bonchev–Trinajstić information content (AvgIpc) is 3.15. The number of aromatic nitrogens is 1. The first-order valence-corrected chi connectivity index (χ1v) is 12.3. The van der Waals surface area contributed by atoms with Gasteiger partial charge in [0.25, 0.3) is 5.91 Å². The van der Waals surface area contributed by atoms with E-state index in [1.54, 1.807) is 4.90 Å². The van der Waals surface area contributed by atoms with E-state index in [1.807, 2.05) is 12.1 Å². The number of hydrogen-bond donors (Lipinski definition) is 2. The van der Waals surface area contributed by atoms with Gasteiger partial charge in [0.15, 0.2) is 0 Å². The van der Waals surface area contributed by atoms with Crippen LogP contribution in [0.1, 0.15) is 65.7 Å². The molecule has 2 fully saturated rings. The lowest BCUT2D eigenvalue weighted by Gasteiger charge is -2.32. The monoisotopic (exact) mass is 480 g/mol. The Morgan fingerprint density at radius 1 is 1.14 bits per heavy atom. The van der Waals surface area contributed by atoms with Gasteiger partial charge in [0.05, 0.1) is 11.9 Å². The molecule has 6 nitrogen and oxygen atoms in total. The van der Waals surface area contributed by atoms with Gasteiger partial charge in [0.2, 0.25) is 5.91 Å². The molecule has 1 saturated carbocycles. The predicted molar refractivity (Wildman–Crippen MR) is 127 cm³/mol. The summed E-state index contributed by atoms with van der Waals surface area (Å²) in [5, 5.41) is 6.22. The van der Waals surface area contributed by atoms with E-state index in [4.69, 9.17) is 0 Å². The van der Waals surface area contributed by atoms with Crippen molar-refractivity contribution in [1.82, 2.24) is 20.5 Å². The lowest BCUT2D eigenvalue weighted by molar-refractivity contribution is -0.126. The molecule has 0 spiro atoms. The van der Waals surface area contributed by atoms with Crippen LogP contribution in [0.15, 0.2) is 42.7 Å². The molecule has 0 bridgehead atoms. The van der Waals surface area contributed by atoms with E-state index in [0.29, 0.717) is 36.6 Å². The number of hydrogen-bond acceptors (Lipinski definition) is 4. The summed E-state index contributed by atoms with van der Waals surface area (Å²) in [6.07, 6.45) is 7.47. The number of nitrogens with zero attached hydrogens (tertiary/aromatic N) is 2. The van der Waals surface area contributed by atoms with Crippen LogP contribution in [-0.2, 0) is 24.3 Å². The maximum Gasteiger partial charge on any atom is 0.255 e. The molecule has 1 aromatic heterocycles. The number of nitrogens with one attached hydrogen (secondary N) is 2. The van der Waals surface area contributed by atoms with Crippen LogP contribution in [0, 0.1) is 17.6 Å². The first kappa shape index (κ1) is 23.6. The minimum absolute atomic E-state index is 0.0924.